The first-order chi connectivity index (χ1) is 6.44. The monoisotopic (exact) mass is 232 g/mol. The van der Waals surface area contributed by atoms with Gasteiger partial charge in [-0.1, -0.05) is 11.6 Å². The van der Waals surface area contributed by atoms with Crippen LogP contribution in [-0.2, 0) is 0 Å². The van der Waals surface area contributed by atoms with Crippen molar-refractivity contribution in [3.8, 4) is 0 Å². The van der Waals surface area contributed by atoms with Crippen molar-refractivity contribution in [2.45, 2.75) is 19.4 Å². The number of halogens is 1. The minimum absolute atomic E-state index is 0.127. The van der Waals surface area contributed by atoms with Gasteiger partial charge in [0.15, 0.2) is 0 Å². The van der Waals surface area contributed by atoms with Crippen molar-refractivity contribution in [2.24, 2.45) is 5.73 Å². The van der Waals surface area contributed by atoms with E-state index in [1.807, 2.05) is 13.8 Å². The largest absolute Gasteiger partial charge is 0.345 e. The molecule has 3 nitrogen and oxygen atoms in total. The van der Waals surface area contributed by atoms with Crippen molar-refractivity contribution in [2.75, 3.05) is 6.54 Å². The third kappa shape index (κ3) is 2.97. The van der Waals surface area contributed by atoms with Gasteiger partial charge in [0.1, 0.15) is 0 Å². The number of carbonyl (C=O) groups is 1. The number of thiophene rings is 1. The van der Waals surface area contributed by atoms with Crippen LogP contribution < -0.4 is 11.1 Å². The molecule has 0 radical (unpaired) electrons. The van der Waals surface area contributed by atoms with Gasteiger partial charge < -0.3 is 11.1 Å². The molecule has 0 aromatic carbocycles. The number of carbonyl (C=O) groups excluding carboxylic acids is 1. The summed E-state index contributed by atoms with van der Waals surface area (Å²) in [5.74, 6) is -0.127. The summed E-state index contributed by atoms with van der Waals surface area (Å²) < 4.78 is 0. The lowest BCUT2D eigenvalue weighted by Crippen LogP contribution is -2.48. The van der Waals surface area contributed by atoms with Gasteiger partial charge in [-0.3, -0.25) is 4.79 Å². The summed E-state index contributed by atoms with van der Waals surface area (Å²) in [5, 5.41) is 5.14. The lowest BCUT2D eigenvalue weighted by molar-refractivity contribution is 0.0920. The maximum Gasteiger partial charge on any atom is 0.261 e. The second kappa shape index (κ2) is 4.29. The molecule has 1 amide bonds. The Morgan fingerprint density at radius 3 is 2.79 bits per heavy atom. The highest BCUT2D eigenvalue weighted by Gasteiger charge is 2.19. The minimum atomic E-state index is -0.381. The summed E-state index contributed by atoms with van der Waals surface area (Å²) in [5.41, 5.74) is 5.12. The lowest BCUT2D eigenvalue weighted by atomic mass is 10.1. The van der Waals surface area contributed by atoms with Gasteiger partial charge in [-0.25, -0.2) is 0 Å². The van der Waals surface area contributed by atoms with E-state index in [9.17, 15) is 4.79 Å². The first-order valence-electron chi connectivity index (χ1n) is 4.21. The topological polar surface area (TPSA) is 55.1 Å². The third-order valence-corrected chi connectivity index (χ3v) is 3.03. The normalized spacial score (nSPS) is 11.4. The number of rotatable bonds is 3. The van der Waals surface area contributed by atoms with Gasteiger partial charge in [-0.15, -0.1) is 11.3 Å². The lowest BCUT2D eigenvalue weighted by Gasteiger charge is -2.23. The molecule has 1 heterocycles. The van der Waals surface area contributed by atoms with E-state index >= 15 is 0 Å². The van der Waals surface area contributed by atoms with Crippen molar-refractivity contribution in [1.82, 2.24) is 5.32 Å². The second-order valence-electron chi connectivity index (χ2n) is 3.67. The van der Waals surface area contributed by atoms with E-state index in [-0.39, 0.29) is 11.4 Å². The number of hydrogen-bond donors (Lipinski definition) is 2. The van der Waals surface area contributed by atoms with E-state index in [1.165, 1.54) is 11.3 Å². The van der Waals surface area contributed by atoms with E-state index in [1.54, 1.807) is 11.4 Å². The Hall–Kier alpha value is -0.580. The molecule has 1 aromatic heterocycles. The molecule has 0 saturated carbocycles. The molecule has 5 heteroatoms. The predicted molar refractivity (Wildman–Crippen MR) is 59.9 cm³/mol. The molecule has 1 aromatic rings. The van der Waals surface area contributed by atoms with Crippen LogP contribution in [0.15, 0.2) is 11.4 Å². The highest BCUT2D eigenvalue weighted by molar-refractivity contribution is 7.12. The standard InChI is InChI=1S/C9H13ClN2OS/c1-9(2,5-11)12-8(13)7-3-6(10)4-14-7/h3-4H,5,11H2,1-2H3,(H,12,13). The van der Waals surface area contributed by atoms with Gasteiger partial charge in [0.05, 0.1) is 9.90 Å². The zero-order valence-corrected chi connectivity index (χ0v) is 9.71. The van der Waals surface area contributed by atoms with Crippen molar-refractivity contribution < 1.29 is 4.79 Å². The van der Waals surface area contributed by atoms with E-state index in [2.05, 4.69) is 5.32 Å². The third-order valence-electron chi connectivity index (χ3n) is 1.75. The molecule has 0 spiro atoms. The summed E-state index contributed by atoms with van der Waals surface area (Å²) in [7, 11) is 0. The van der Waals surface area contributed by atoms with Gasteiger partial charge in [0, 0.05) is 17.5 Å². The van der Waals surface area contributed by atoms with E-state index in [0.29, 0.717) is 16.4 Å². The zero-order valence-electron chi connectivity index (χ0n) is 8.13. The molecular weight excluding hydrogens is 220 g/mol. The van der Waals surface area contributed by atoms with Crippen LogP contribution in [0.4, 0.5) is 0 Å². The highest BCUT2D eigenvalue weighted by Crippen LogP contribution is 2.19. The number of amides is 1. The summed E-state index contributed by atoms with van der Waals surface area (Å²) in [6.45, 7) is 4.15. The van der Waals surface area contributed by atoms with Crippen molar-refractivity contribution in [3.05, 3.63) is 21.3 Å². The van der Waals surface area contributed by atoms with E-state index in [0.717, 1.165) is 0 Å². The quantitative estimate of drug-likeness (QED) is 0.836. The van der Waals surface area contributed by atoms with Crippen LogP contribution >= 0.6 is 22.9 Å². The van der Waals surface area contributed by atoms with Crippen LogP contribution in [0, 0.1) is 0 Å². The molecule has 0 unspecified atom stereocenters. The molecule has 0 bridgehead atoms. The fourth-order valence-electron chi connectivity index (χ4n) is 0.852. The number of hydrogen-bond acceptors (Lipinski definition) is 3. The summed E-state index contributed by atoms with van der Waals surface area (Å²) >= 11 is 7.04. The first kappa shape index (κ1) is 11.5. The highest BCUT2D eigenvalue weighted by atomic mass is 35.5. The summed E-state index contributed by atoms with van der Waals surface area (Å²) in [4.78, 5) is 12.2. The fraction of sp³-hybridized carbons (Fsp3) is 0.444. The second-order valence-corrected chi connectivity index (χ2v) is 5.02. The Morgan fingerprint density at radius 1 is 1.71 bits per heavy atom. The van der Waals surface area contributed by atoms with Crippen molar-refractivity contribution in [3.63, 3.8) is 0 Å². The van der Waals surface area contributed by atoms with E-state index in [4.69, 9.17) is 17.3 Å². The molecule has 78 valence electrons. The minimum Gasteiger partial charge on any atom is -0.345 e. The average Bonchev–Trinajstić information content (AvgIpc) is 2.51. The van der Waals surface area contributed by atoms with Gasteiger partial charge in [-0.2, -0.15) is 0 Å². The van der Waals surface area contributed by atoms with Crippen molar-refractivity contribution in [1.29, 1.82) is 0 Å². The zero-order chi connectivity index (χ0) is 10.8. The smallest absolute Gasteiger partial charge is 0.261 e. The maximum absolute atomic E-state index is 11.6. The Kier molecular flexibility index (Phi) is 3.53. The molecule has 0 fully saturated rings. The molecule has 3 N–H and O–H groups in total. The van der Waals surface area contributed by atoms with Gasteiger partial charge >= 0.3 is 0 Å². The molecule has 1 rings (SSSR count). The van der Waals surface area contributed by atoms with Crippen LogP contribution in [0.3, 0.4) is 0 Å². The van der Waals surface area contributed by atoms with Crippen LogP contribution in [0.1, 0.15) is 23.5 Å². The van der Waals surface area contributed by atoms with E-state index < -0.39 is 0 Å². The SMILES string of the molecule is CC(C)(CN)NC(=O)c1cc(Cl)cs1. The Bertz CT molecular complexity index is 335. The molecule has 0 aliphatic rings. The molecule has 0 saturated heterocycles. The van der Waals surface area contributed by atoms with Crippen LogP contribution in [-0.4, -0.2) is 18.0 Å². The first-order valence-corrected chi connectivity index (χ1v) is 5.47. The number of nitrogens with one attached hydrogen (secondary N) is 1. The Morgan fingerprint density at radius 2 is 2.36 bits per heavy atom. The predicted octanol–water partition coefficient (Wildman–Crippen LogP) is 1.87. The fourth-order valence-corrected chi connectivity index (χ4v) is 1.82. The number of nitrogens with two attached hydrogens (primary N) is 1. The van der Waals surface area contributed by atoms with Gasteiger partial charge in [0.25, 0.3) is 5.91 Å². The Balaban J connectivity index is 2.68. The van der Waals surface area contributed by atoms with Gasteiger partial charge in [-0.05, 0) is 19.9 Å². The molecule has 0 aliphatic carbocycles. The summed E-state index contributed by atoms with van der Waals surface area (Å²) in [6.07, 6.45) is 0. The Labute approximate surface area is 92.3 Å². The molecule has 0 atom stereocenters. The van der Waals surface area contributed by atoms with Crippen LogP contribution in [0.2, 0.25) is 5.02 Å². The summed E-state index contributed by atoms with van der Waals surface area (Å²) in [6, 6.07) is 1.65. The maximum atomic E-state index is 11.6. The van der Waals surface area contributed by atoms with Crippen molar-refractivity contribution >= 4 is 28.8 Å². The van der Waals surface area contributed by atoms with Gasteiger partial charge in [0.2, 0.25) is 0 Å². The molecule has 0 aliphatic heterocycles. The molecular formula is C9H13ClN2OS. The van der Waals surface area contributed by atoms with Crippen LogP contribution in [0.5, 0.6) is 0 Å². The molecule has 14 heavy (non-hydrogen) atoms. The average molecular weight is 233 g/mol. The van der Waals surface area contributed by atoms with Crippen LogP contribution in [0.25, 0.3) is 0 Å².